The number of hydrogen-bond acceptors (Lipinski definition) is 2. The van der Waals surface area contributed by atoms with Crippen LogP contribution >= 0.6 is 0 Å². The first kappa shape index (κ1) is 34.4. The molecule has 2 aromatic heterocycles. The number of para-hydroxylation sites is 1. The van der Waals surface area contributed by atoms with Gasteiger partial charge in [-0.15, -0.1) is 0 Å². The van der Waals surface area contributed by atoms with Crippen LogP contribution < -0.4 is 0 Å². The van der Waals surface area contributed by atoms with Crippen molar-refractivity contribution in [1.82, 2.24) is 14.5 Å². The van der Waals surface area contributed by atoms with Crippen molar-refractivity contribution >= 4 is 43.4 Å². The molecular weight excluding hydrogens is 727 g/mol. The third-order valence-electron chi connectivity index (χ3n) is 12.7. The molecule has 0 saturated carbocycles. The molecule has 0 bridgehead atoms. The monoisotopic (exact) mass is 765 g/mol. The largest absolute Gasteiger partial charge is 0.309 e. The highest BCUT2D eigenvalue weighted by atomic mass is 15.0. The minimum absolute atomic E-state index is 0.372. The second-order valence-corrected chi connectivity index (χ2v) is 16.6. The van der Waals surface area contributed by atoms with Crippen LogP contribution in [0.1, 0.15) is 25.1 Å². The van der Waals surface area contributed by atoms with Gasteiger partial charge in [-0.3, -0.25) is 0 Å². The molecule has 0 fully saturated rings. The van der Waals surface area contributed by atoms with Gasteiger partial charge in [-0.05, 0) is 74.3 Å². The molecule has 3 nitrogen and oxygen atoms in total. The first-order valence-electron chi connectivity index (χ1n) is 20.7. The van der Waals surface area contributed by atoms with E-state index in [0.717, 1.165) is 55.9 Å². The molecule has 0 saturated heterocycles. The van der Waals surface area contributed by atoms with Crippen molar-refractivity contribution < 1.29 is 0 Å². The Morgan fingerprint density at radius 1 is 0.367 bits per heavy atom. The second-order valence-electron chi connectivity index (χ2n) is 16.6. The van der Waals surface area contributed by atoms with E-state index in [4.69, 9.17) is 9.97 Å². The number of fused-ring (bicyclic) bond motifs is 8. The Kier molecular flexibility index (Phi) is 7.58. The molecule has 282 valence electrons. The van der Waals surface area contributed by atoms with E-state index in [1.807, 2.05) is 0 Å². The van der Waals surface area contributed by atoms with Gasteiger partial charge in [0.25, 0.3) is 0 Å². The summed E-state index contributed by atoms with van der Waals surface area (Å²) in [4.78, 5) is 11.3. The summed E-state index contributed by atoms with van der Waals surface area (Å²) in [6.45, 7) is 4.60. The van der Waals surface area contributed by atoms with E-state index < -0.39 is 0 Å². The molecule has 3 heteroatoms. The summed E-state index contributed by atoms with van der Waals surface area (Å²) in [5.41, 5.74) is 16.2. The van der Waals surface area contributed by atoms with Gasteiger partial charge < -0.3 is 4.57 Å². The molecular formula is C57H39N3. The molecule has 0 N–H and O–H groups in total. The van der Waals surface area contributed by atoms with Crippen molar-refractivity contribution in [3.63, 3.8) is 0 Å². The minimum Gasteiger partial charge on any atom is -0.309 e. The van der Waals surface area contributed by atoms with Crippen LogP contribution in [-0.2, 0) is 5.41 Å². The van der Waals surface area contributed by atoms with Crippen molar-refractivity contribution in [1.29, 1.82) is 0 Å². The standard InChI is InChI=1S/C57H39N3/c1-57(2)49-34-42(38-29-27-37(28-30-38)36-15-5-3-6-16-36)31-32-47(49)55-56(57)59-54(53(58-55)39-17-7-4-8-18-39)46-24-13-23-44-43(46)22-14-26-51(44)60-50-25-12-11-21-45(50)48-33-40-19-9-10-20-41(40)35-52(48)60/h3-35H,1-2H3. The van der Waals surface area contributed by atoms with E-state index in [9.17, 15) is 0 Å². The highest BCUT2D eigenvalue weighted by molar-refractivity contribution is 6.15. The van der Waals surface area contributed by atoms with E-state index in [0.29, 0.717) is 0 Å². The summed E-state index contributed by atoms with van der Waals surface area (Å²) in [5, 5.41) is 7.28. The highest BCUT2D eigenvalue weighted by Gasteiger charge is 2.39. The fraction of sp³-hybridized carbons (Fsp3) is 0.0526. The fourth-order valence-corrected chi connectivity index (χ4v) is 9.71. The Hall–Kier alpha value is -7.62. The molecule has 60 heavy (non-hydrogen) atoms. The first-order valence-corrected chi connectivity index (χ1v) is 20.7. The van der Waals surface area contributed by atoms with Crippen molar-refractivity contribution in [3.05, 3.63) is 211 Å². The third kappa shape index (κ3) is 5.22. The van der Waals surface area contributed by atoms with Crippen LogP contribution in [0.4, 0.5) is 0 Å². The highest BCUT2D eigenvalue weighted by Crippen LogP contribution is 2.50. The Labute approximate surface area is 348 Å². The van der Waals surface area contributed by atoms with E-state index in [1.165, 1.54) is 60.4 Å². The summed E-state index contributed by atoms with van der Waals surface area (Å²) in [6, 6.07) is 72.4. The van der Waals surface area contributed by atoms with Crippen molar-refractivity contribution in [2.24, 2.45) is 0 Å². The maximum Gasteiger partial charge on any atom is 0.0975 e. The average Bonchev–Trinajstić information content (AvgIpc) is 3.74. The summed E-state index contributed by atoms with van der Waals surface area (Å²) in [7, 11) is 0. The van der Waals surface area contributed by atoms with E-state index in [2.05, 4.69) is 219 Å². The van der Waals surface area contributed by atoms with Crippen molar-refractivity contribution in [2.75, 3.05) is 0 Å². The summed E-state index contributed by atoms with van der Waals surface area (Å²) in [5.74, 6) is 0. The van der Waals surface area contributed by atoms with Gasteiger partial charge in [-0.1, -0.05) is 184 Å². The fourth-order valence-electron chi connectivity index (χ4n) is 9.71. The molecule has 0 radical (unpaired) electrons. The predicted octanol–water partition coefficient (Wildman–Crippen LogP) is 14.9. The molecule has 0 atom stereocenters. The molecule has 2 heterocycles. The molecule has 1 aliphatic carbocycles. The summed E-state index contributed by atoms with van der Waals surface area (Å²) >= 11 is 0. The zero-order valence-corrected chi connectivity index (χ0v) is 33.4. The SMILES string of the molecule is CC1(C)c2cc(-c3ccc(-c4ccccc4)cc3)ccc2-c2nc(-c3ccccc3)c(-c3cccc4c(-n5c6ccccc6c6cc7ccccc7cc65)cccc34)nc21. The van der Waals surface area contributed by atoms with Gasteiger partial charge >= 0.3 is 0 Å². The van der Waals surface area contributed by atoms with Crippen LogP contribution in [-0.4, -0.2) is 14.5 Å². The average molecular weight is 766 g/mol. The maximum absolute atomic E-state index is 5.72. The molecule has 0 amide bonds. The smallest absolute Gasteiger partial charge is 0.0975 e. The molecule has 11 aromatic rings. The van der Waals surface area contributed by atoms with Crippen LogP contribution in [0, 0.1) is 0 Å². The quantitative estimate of drug-likeness (QED) is 0.175. The van der Waals surface area contributed by atoms with Gasteiger partial charge in [0.2, 0.25) is 0 Å². The van der Waals surface area contributed by atoms with E-state index in [-0.39, 0.29) is 5.41 Å². The second kappa shape index (κ2) is 13.2. The number of nitrogens with zero attached hydrogens (tertiary/aromatic N) is 3. The van der Waals surface area contributed by atoms with Gasteiger partial charge in [0.15, 0.2) is 0 Å². The number of aromatic nitrogens is 3. The zero-order valence-electron chi connectivity index (χ0n) is 33.4. The summed E-state index contributed by atoms with van der Waals surface area (Å²) < 4.78 is 2.45. The maximum atomic E-state index is 5.72. The van der Waals surface area contributed by atoms with Crippen molar-refractivity contribution in [3.8, 4) is 61.7 Å². The molecule has 0 unspecified atom stereocenters. The normalized spacial score (nSPS) is 13.0. The molecule has 1 aliphatic rings. The van der Waals surface area contributed by atoms with E-state index in [1.54, 1.807) is 0 Å². The lowest BCUT2D eigenvalue weighted by molar-refractivity contribution is 0.636. The Morgan fingerprint density at radius 3 is 1.75 bits per heavy atom. The van der Waals surface area contributed by atoms with E-state index >= 15 is 0 Å². The number of rotatable bonds is 5. The summed E-state index contributed by atoms with van der Waals surface area (Å²) in [6.07, 6.45) is 0. The topological polar surface area (TPSA) is 30.7 Å². The van der Waals surface area contributed by atoms with Crippen LogP contribution in [0.2, 0.25) is 0 Å². The molecule has 12 rings (SSSR count). The van der Waals surface area contributed by atoms with Gasteiger partial charge in [-0.2, -0.15) is 0 Å². The lowest BCUT2D eigenvalue weighted by Gasteiger charge is -2.22. The van der Waals surface area contributed by atoms with Gasteiger partial charge in [0.05, 0.1) is 39.5 Å². The Balaban J connectivity index is 1.03. The lowest BCUT2D eigenvalue weighted by atomic mass is 9.83. The van der Waals surface area contributed by atoms with Gasteiger partial charge in [0, 0.05) is 38.3 Å². The Morgan fingerprint density at radius 2 is 0.967 bits per heavy atom. The van der Waals surface area contributed by atoms with Gasteiger partial charge in [-0.25, -0.2) is 9.97 Å². The third-order valence-corrected chi connectivity index (χ3v) is 12.7. The van der Waals surface area contributed by atoms with Crippen LogP contribution in [0.25, 0.3) is 105 Å². The first-order chi connectivity index (χ1) is 29.5. The Bertz CT molecular complexity index is 3490. The predicted molar refractivity (Wildman–Crippen MR) is 251 cm³/mol. The number of benzene rings is 9. The zero-order chi connectivity index (χ0) is 40.0. The molecule has 9 aromatic carbocycles. The number of hydrogen-bond donors (Lipinski definition) is 0. The van der Waals surface area contributed by atoms with Gasteiger partial charge in [0.1, 0.15) is 0 Å². The van der Waals surface area contributed by atoms with Crippen LogP contribution in [0.5, 0.6) is 0 Å². The van der Waals surface area contributed by atoms with Crippen molar-refractivity contribution in [2.45, 2.75) is 19.3 Å². The van der Waals surface area contributed by atoms with Crippen LogP contribution in [0.3, 0.4) is 0 Å². The van der Waals surface area contributed by atoms with Crippen LogP contribution in [0.15, 0.2) is 200 Å². The molecule has 0 spiro atoms. The molecule has 0 aliphatic heterocycles. The minimum atomic E-state index is -0.372. The lowest BCUT2D eigenvalue weighted by Crippen LogP contribution is -2.18.